The summed E-state index contributed by atoms with van der Waals surface area (Å²) in [5, 5.41) is 13.6. The van der Waals surface area contributed by atoms with E-state index < -0.39 is 0 Å². The Labute approximate surface area is 400 Å². The van der Waals surface area contributed by atoms with Crippen LogP contribution in [-0.4, -0.2) is 59.8 Å². The number of aromatic nitrogens is 12. The Morgan fingerprint density at radius 2 is 0.333 bits per heavy atom. The molecule has 24 bridgehead atoms. The molecular weight excluding hydrogens is 889 g/mol. The zero-order valence-electron chi connectivity index (χ0n) is 37.9. The molecule has 4 aromatic carbocycles. The number of fused-ring (bicyclic) bond motifs is 21. The third-order valence-electron chi connectivity index (χ3n) is 15.8. The van der Waals surface area contributed by atoms with E-state index in [0.717, 1.165) is 197 Å². The van der Waals surface area contributed by atoms with Gasteiger partial charge in [0.15, 0.2) is 0 Å². The second-order valence-electron chi connectivity index (χ2n) is 20.2. The van der Waals surface area contributed by atoms with E-state index in [4.69, 9.17) is 0 Å². The van der Waals surface area contributed by atoms with Crippen molar-refractivity contribution in [1.82, 2.24) is 59.8 Å². The van der Waals surface area contributed by atoms with E-state index >= 15 is 0 Å². The summed E-state index contributed by atoms with van der Waals surface area (Å²) >= 11 is 0. The molecule has 0 amide bonds. The number of aromatic amines is 12. The van der Waals surface area contributed by atoms with Gasteiger partial charge < -0.3 is 59.8 Å². The molecule has 12 nitrogen and oxygen atoms in total. The molecule has 0 atom stereocenters. The van der Waals surface area contributed by atoms with Crippen molar-refractivity contribution in [3.8, 4) is 0 Å². The molecule has 336 valence electrons. The Balaban J connectivity index is 1.13. The van der Waals surface area contributed by atoms with Crippen LogP contribution in [0.3, 0.4) is 0 Å². The van der Waals surface area contributed by atoms with Gasteiger partial charge in [0.2, 0.25) is 0 Å². The van der Waals surface area contributed by atoms with Crippen molar-refractivity contribution in [3.05, 3.63) is 146 Å². The first kappa shape index (κ1) is 35.9. The average molecular weight is 925 g/mol. The number of rotatable bonds is 0. The minimum atomic E-state index is 1.00. The van der Waals surface area contributed by atoms with Crippen LogP contribution in [0.1, 0.15) is 0 Å². The molecule has 0 unspecified atom stereocenters. The fourth-order valence-electron chi connectivity index (χ4n) is 13.0. The third-order valence-corrected chi connectivity index (χ3v) is 15.8. The summed E-state index contributed by atoms with van der Waals surface area (Å²) in [4.78, 5) is 46.6. The SMILES string of the molecule is c1cc2cc3cc4c5cc6cc7ccc(cc8cc9c%10cc%11cc%12ccc(cc%13ccc(cc%14cc%15c([nH]%14)c(c%10[nH]%11)c(c9[nH]8)c8[nH]c9c(c%10cc(cc%11ccc(cc1[nH]2)[nH]%11)[nH]c%10c(c4[nH]3)c9c5[nH]6)c%158)[nH]%13)[nH]%12)[nH]7. The molecule has 72 heavy (non-hydrogen) atoms. The molecule has 0 saturated heterocycles. The van der Waals surface area contributed by atoms with Crippen LogP contribution < -0.4 is 0 Å². The zero-order chi connectivity index (χ0) is 46.2. The van der Waals surface area contributed by atoms with Crippen LogP contribution in [0, 0.1) is 0 Å². The Hall–Kier alpha value is -10.2. The van der Waals surface area contributed by atoms with Crippen LogP contribution in [0.2, 0.25) is 0 Å². The van der Waals surface area contributed by atoms with E-state index in [1.165, 1.54) is 0 Å². The maximum Gasteiger partial charge on any atom is 0.0574 e. The average Bonchev–Trinajstić information content (AvgIpc) is 4.19. The minimum Gasteiger partial charge on any atom is -0.355 e. The highest BCUT2D eigenvalue weighted by molar-refractivity contribution is 6.47. The first-order valence-corrected chi connectivity index (χ1v) is 24.4. The van der Waals surface area contributed by atoms with Crippen molar-refractivity contribution in [3.63, 3.8) is 0 Å². The molecule has 19 rings (SSSR count). The van der Waals surface area contributed by atoms with E-state index in [9.17, 15) is 0 Å². The largest absolute Gasteiger partial charge is 0.355 e. The Morgan fingerprint density at radius 3 is 0.583 bits per heavy atom. The Bertz CT molecular complexity index is 5430. The van der Waals surface area contributed by atoms with E-state index in [1.54, 1.807) is 0 Å². The lowest BCUT2D eigenvalue weighted by atomic mass is 9.94. The molecule has 19 aromatic rings. The lowest BCUT2D eigenvalue weighted by Crippen LogP contribution is -1.85. The van der Waals surface area contributed by atoms with Crippen LogP contribution in [0.15, 0.2) is 146 Å². The molecule has 0 aliphatic rings. The van der Waals surface area contributed by atoms with Crippen LogP contribution in [0.4, 0.5) is 0 Å². The van der Waals surface area contributed by atoms with Crippen molar-refractivity contribution >= 4 is 197 Å². The molecule has 12 heteroatoms. The minimum absolute atomic E-state index is 1.00. The summed E-state index contributed by atoms with van der Waals surface area (Å²) in [5.41, 5.74) is 24.8. The fraction of sp³-hybridized carbons (Fsp3) is 0. The van der Waals surface area contributed by atoms with Gasteiger partial charge in [-0.05, 0) is 146 Å². The van der Waals surface area contributed by atoms with Gasteiger partial charge in [0, 0.05) is 153 Å². The molecule has 15 aromatic heterocycles. The highest BCUT2D eigenvalue weighted by Gasteiger charge is 2.27. The zero-order valence-corrected chi connectivity index (χ0v) is 37.9. The first-order valence-electron chi connectivity index (χ1n) is 24.4. The van der Waals surface area contributed by atoms with Crippen molar-refractivity contribution in [2.24, 2.45) is 0 Å². The summed E-state index contributed by atoms with van der Waals surface area (Å²) < 4.78 is 0. The number of benzene rings is 4. The Kier molecular flexibility index (Phi) is 6.05. The van der Waals surface area contributed by atoms with E-state index in [1.807, 2.05) is 0 Å². The lowest BCUT2D eigenvalue weighted by molar-refractivity contribution is 1.50. The fourth-order valence-corrected chi connectivity index (χ4v) is 13.0. The number of nitrogens with one attached hydrogen (secondary N) is 12. The molecule has 0 spiro atoms. The predicted molar refractivity (Wildman–Crippen MR) is 300 cm³/mol. The van der Waals surface area contributed by atoms with Crippen LogP contribution >= 0.6 is 0 Å². The van der Waals surface area contributed by atoms with Gasteiger partial charge in [0.25, 0.3) is 0 Å². The molecule has 0 aliphatic heterocycles. The van der Waals surface area contributed by atoms with E-state index in [-0.39, 0.29) is 0 Å². The maximum atomic E-state index is 4.28. The normalized spacial score (nSPS) is 13.0. The first-order chi connectivity index (χ1) is 35.5. The van der Waals surface area contributed by atoms with Gasteiger partial charge in [-0.15, -0.1) is 0 Å². The van der Waals surface area contributed by atoms with Crippen molar-refractivity contribution in [2.75, 3.05) is 0 Å². The summed E-state index contributed by atoms with van der Waals surface area (Å²) in [6.45, 7) is 0. The second kappa shape index (κ2) is 12.1. The van der Waals surface area contributed by atoms with Crippen LogP contribution in [0.5, 0.6) is 0 Å². The van der Waals surface area contributed by atoms with Crippen molar-refractivity contribution < 1.29 is 0 Å². The number of H-pyrrole nitrogens is 12. The molecule has 0 fully saturated rings. The van der Waals surface area contributed by atoms with Gasteiger partial charge in [-0.25, -0.2) is 0 Å². The van der Waals surface area contributed by atoms with Gasteiger partial charge in [-0.2, -0.15) is 0 Å². The lowest BCUT2D eigenvalue weighted by Gasteiger charge is -2.09. The van der Waals surface area contributed by atoms with Gasteiger partial charge in [-0.3, -0.25) is 0 Å². The van der Waals surface area contributed by atoms with Gasteiger partial charge >= 0.3 is 0 Å². The molecule has 15 heterocycles. The van der Waals surface area contributed by atoms with Gasteiger partial charge in [0.1, 0.15) is 0 Å². The molecule has 0 radical (unpaired) electrons. The topological polar surface area (TPSA) is 189 Å². The van der Waals surface area contributed by atoms with Crippen molar-refractivity contribution in [1.29, 1.82) is 0 Å². The highest BCUT2D eigenvalue weighted by Crippen LogP contribution is 2.51. The third kappa shape index (κ3) is 4.65. The maximum absolute atomic E-state index is 4.28. The summed E-state index contributed by atoms with van der Waals surface area (Å²) in [7, 11) is 0. The number of hydrogen-bond acceptors (Lipinski definition) is 0. The van der Waals surface area contributed by atoms with E-state index in [0.29, 0.717) is 0 Å². The number of hydrogen-bond donors (Lipinski definition) is 12. The molecule has 0 saturated carbocycles. The van der Waals surface area contributed by atoms with Crippen LogP contribution in [0.25, 0.3) is 197 Å². The smallest absolute Gasteiger partial charge is 0.0574 e. The quantitative estimate of drug-likeness (QED) is 0.0690. The van der Waals surface area contributed by atoms with Crippen LogP contribution in [-0.2, 0) is 0 Å². The molecule has 12 N–H and O–H groups in total. The van der Waals surface area contributed by atoms with E-state index in [2.05, 4.69) is 205 Å². The predicted octanol–water partition coefficient (Wildman–Crippen LogP) is 16.1. The summed E-state index contributed by atoms with van der Waals surface area (Å²) in [5.74, 6) is 0. The van der Waals surface area contributed by atoms with Crippen molar-refractivity contribution in [2.45, 2.75) is 0 Å². The van der Waals surface area contributed by atoms with Gasteiger partial charge in [0.05, 0.1) is 44.1 Å². The summed E-state index contributed by atoms with van der Waals surface area (Å²) in [6, 6.07) is 53.0. The Morgan fingerprint density at radius 1 is 0.139 bits per heavy atom. The monoisotopic (exact) mass is 924 g/mol. The summed E-state index contributed by atoms with van der Waals surface area (Å²) in [6.07, 6.45) is 0. The van der Waals surface area contributed by atoms with Gasteiger partial charge in [-0.1, -0.05) is 0 Å². The standard InChI is InChI=1S/C60H36N12/c1-5-29-13-35-19-41-43-21-37-15-31-9-10-32(65-31)16-38-22-44-42-20-36-14-30-6-2-26(62-30)12-28-4-8-34(64-28)18-40-24-46-48-47-45-23-39(17-33-7-3-27(63-33)11-25(1)61-29)70-57(45)49(53(41)66-35)51(55(43)68-37)59(47)72-60(48)52(56(44)69-38)50(54(42)67-36)58(46)71-40/h1-24,61-72H. The highest BCUT2D eigenvalue weighted by atomic mass is 14.8. The molecular formula is C60H36N12. The second-order valence-corrected chi connectivity index (χ2v) is 20.2. The molecule has 0 aliphatic carbocycles.